The van der Waals surface area contributed by atoms with Gasteiger partial charge >= 0.3 is 10.3 Å². The predicted octanol–water partition coefficient (Wildman–Crippen LogP) is 0.135. The Hall–Kier alpha value is -0.620. The Labute approximate surface area is 77.9 Å². The molecule has 0 N–H and O–H groups in total. The van der Waals surface area contributed by atoms with E-state index in [4.69, 9.17) is 0 Å². The standard InChI is InChI=1S/C7H13NO4S/c1-4-8-7(9)6(5(2)3)12-13(8,10)11/h5-6H,4H2,1-3H3/t6-/m1/s1. The van der Waals surface area contributed by atoms with Crippen molar-refractivity contribution in [1.82, 2.24) is 4.31 Å². The summed E-state index contributed by atoms with van der Waals surface area (Å²) in [5.74, 6) is -0.587. The molecule has 1 saturated heterocycles. The number of hydrogen-bond donors (Lipinski definition) is 0. The lowest BCUT2D eigenvalue weighted by atomic mass is 10.1. The van der Waals surface area contributed by atoms with Crippen molar-refractivity contribution in [3.63, 3.8) is 0 Å². The van der Waals surface area contributed by atoms with Crippen molar-refractivity contribution >= 4 is 16.2 Å². The Morgan fingerprint density at radius 1 is 1.54 bits per heavy atom. The van der Waals surface area contributed by atoms with Crippen LogP contribution >= 0.6 is 0 Å². The van der Waals surface area contributed by atoms with Crippen molar-refractivity contribution in [2.45, 2.75) is 26.9 Å². The highest BCUT2D eigenvalue weighted by Gasteiger charge is 2.45. The summed E-state index contributed by atoms with van der Waals surface area (Å²) < 4.78 is 27.8. The summed E-state index contributed by atoms with van der Waals surface area (Å²) in [5, 5.41) is 0. The molecular formula is C7H13NO4S. The van der Waals surface area contributed by atoms with Crippen LogP contribution in [-0.4, -0.2) is 31.3 Å². The highest BCUT2D eigenvalue weighted by Crippen LogP contribution is 2.23. The van der Waals surface area contributed by atoms with E-state index < -0.39 is 22.3 Å². The Morgan fingerprint density at radius 3 is 2.31 bits per heavy atom. The van der Waals surface area contributed by atoms with Gasteiger partial charge in [-0.2, -0.15) is 8.42 Å². The maximum Gasteiger partial charge on any atom is 0.365 e. The number of hydrogen-bond acceptors (Lipinski definition) is 4. The predicted molar refractivity (Wildman–Crippen MR) is 46.0 cm³/mol. The third-order valence-electron chi connectivity index (χ3n) is 1.88. The zero-order chi connectivity index (χ0) is 10.2. The third kappa shape index (κ3) is 1.68. The lowest BCUT2D eigenvalue weighted by Gasteiger charge is -2.09. The number of carbonyl (C=O) groups is 1. The van der Waals surface area contributed by atoms with Crippen LogP contribution in [0.5, 0.6) is 0 Å². The molecule has 0 saturated carbocycles. The second-order valence-electron chi connectivity index (χ2n) is 3.22. The molecule has 0 aromatic rings. The van der Waals surface area contributed by atoms with E-state index in [2.05, 4.69) is 4.18 Å². The lowest BCUT2D eigenvalue weighted by molar-refractivity contribution is -0.130. The van der Waals surface area contributed by atoms with Crippen LogP contribution in [0, 0.1) is 5.92 Å². The molecule has 0 aliphatic carbocycles. The van der Waals surface area contributed by atoms with Gasteiger partial charge in [-0.15, -0.1) is 0 Å². The minimum Gasteiger partial charge on any atom is -0.271 e. The van der Waals surface area contributed by atoms with Crippen LogP contribution in [0.3, 0.4) is 0 Å². The van der Waals surface area contributed by atoms with Gasteiger partial charge in [-0.1, -0.05) is 13.8 Å². The zero-order valence-corrected chi connectivity index (χ0v) is 8.67. The van der Waals surface area contributed by atoms with E-state index in [1.54, 1.807) is 20.8 Å². The molecule has 0 spiro atoms. The molecule has 0 aromatic heterocycles. The molecule has 76 valence electrons. The van der Waals surface area contributed by atoms with Crippen LogP contribution in [0.25, 0.3) is 0 Å². The van der Waals surface area contributed by atoms with Crippen molar-refractivity contribution in [3.8, 4) is 0 Å². The fraction of sp³-hybridized carbons (Fsp3) is 0.857. The molecule has 0 unspecified atom stereocenters. The van der Waals surface area contributed by atoms with Gasteiger partial charge in [0.05, 0.1) is 0 Å². The molecule has 1 aliphatic rings. The molecule has 1 atom stereocenters. The van der Waals surface area contributed by atoms with Gasteiger partial charge in [0.25, 0.3) is 5.91 Å². The molecule has 0 bridgehead atoms. The minimum absolute atomic E-state index is 0.126. The first-order valence-corrected chi connectivity index (χ1v) is 5.51. The van der Waals surface area contributed by atoms with Gasteiger partial charge in [0.15, 0.2) is 6.10 Å². The largest absolute Gasteiger partial charge is 0.365 e. The molecule has 1 aliphatic heterocycles. The van der Waals surface area contributed by atoms with Crippen molar-refractivity contribution in [1.29, 1.82) is 0 Å². The van der Waals surface area contributed by atoms with Gasteiger partial charge in [-0.05, 0) is 12.8 Å². The molecule has 0 aromatic carbocycles. The van der Waals surface area contributed by atoms with Gasteiger partial charge in [-0.25, -0.2) is 8.49 Å². The Bertz CT molecular complexity index is 308. The molecule has 6 heteroatoms. The molecular weight excluding hydrogens is 194 g/mol. The summed E-state index contributed by atoms with van der Waals surface area (Å²) in [7, 11) is -3.80. The summed E-state index contributed by atoms with van der Waals surface area (Å²) in [6.07, 6.45) is -0.843. The zero-order valence-electron chi connectivity index (χ0n) is 7.85. The van der Waals surface area contributed by atoms with Gasteiger partial charge in [0.1, 0.15) is 0 Å². The molecule has 13 heavy (non-hydrogen) atoms. The van der Waals surface area contributed by atoms with Gasteiger partial charge < -0.3 is 0 Å². The highest BCUT2D eigenvalue weighted by molar-refractivity contribution is 7.85. The Kier molecular flexibility index (Phi) is 2.63. The van der Waals surface area contributed by atoms with Crippen molar-refractivity contribution in [3.05, 3.63) is 0 Å². The van der Waals surface area contributed by atoms with Gasteiger partial charge in [0.2, 0.25) is 0 Å². The van der Waals surface area contributed by atoms with Crippen molar-refractivity contribution in [2.24, 2.45) is 5.92 Å². The molecule has 1 rings (SSSR count). The summed E-state index contributed by atoms with van der Waals surface area (Å²) in [6, 6.07) is 0. The number of nitrogens with zero attached hydrogens (tertiary/aromatic N) is 1. The van der Waals surface area contributed by atoms with Crippen molar-refractivity contribution < 1.29 is 17.4 Å². The summed E-state index contributed by atoms with van der Waals surface area (Å²) in [6.45, 7) is 5.22. The monoisotopic (exact) mass is 207 g/mol. The normalized spacial score (nSPS) is 27.2. The van der Waals surface area contributed by atoms with E-state index in [0.29, 0.717) is 0 Å². The first-order valence-electron chi connectivity index (χ1n) is 4.15. The smallest absolute Gasteiger partial charge is 0.271 e. The van der Waals surface area contributed by atoms with Crippen LogP contribution in [0.2, 0.25) is 0 Å². The van der Waals surface area contributed by atoms with E-state index in [1.165, 1.54) is 0 Å². The number of carbonyl (C=O) groups excluding carboxylic acids is 1. The number of rotatable bonds is 2. The number of likely N-dealkylation sites (N-methyl/N-ethyl adjacent to an activating group) is 1. The lowest BCUT2D eigenvalue weighted by Crippen LogP contribution is -2.33. The first kappa shape index (κ1) is 10.5. The molecule has 5 nitrogen and oxygen atoms in total. The van der Waals surface area contributed by atoms with Crippen LogP contribution < -0.4 is 0 Å². The van der Waals surface area contributed by atoms with Crippen LogP contribution in [0.4, 0.5) is 0 Å². The second kappa shape index (κ2) is 3.26. The molecule has 0 radical (unpaired) electrons. The molecule has 1 fully saturated rings. The van der Waals surface area contributed by atoms with E-state index >= 15 is 0 Å². The van der Waals surface area contributed by atoms with Crippen LogP contribution in [0.1, 0.15) is 20.8 Å². The fourth-order valence-electron chi connectivity index (χ4n) is 1.19. The average Bonchev–Trinajstić information content (AvgIpc) is 2.22. The van der Waals surface area contributed by atoms with Crippen molar-refractivity contribution in [2.75, 3.05) is 6.54 Å². The van der Waals surface area contributed by atoms with Crippen LogP contribution in [0.15, 0.2) is 0 Å². The third-order valence-corrected chi connectivity index (χ3v) is 3.31. The van der Waals surface area contributed by atoms with Crippen LogP contribution in [-0.2, 0) is 19.3 Å². The molecule has 1 amide bonds. The maximum atomic E-state index is 11.4. The van der Waals surface area contributed by atoms with E-state index in [1.807, 2.05) is 0 Å². The van der Waals surface area contributed by atoms with E-state index in [-0.39, 0.29) is 12.5 Å². The first-order chi connectivity index (χ1) is 5.90. The average molecular weight is 207 g/mol. The van der Waals surface area contributed by atoms with E-state index in [9.17, 15) is 13.2 Å². The van der Waals surface area contributed by atoms with Gasteiger partial charge in [0, 0.05) is 6.54 Å². The topological polar surface area (TPSA) is 63.7 Å². The fourth-order valence-corrected chi connectivity index (χ4v) is 2.50. The Morgan fingerprint density at radius 2 is 2.08 bits per heavy atom. The summed E-state index contributed by atoms with van der Waals surface area (Å²) in [5.41, 5.74) is 0. The minimum atomic E-state index is -3.80. The maximum absolute atomic E-state index is 11.4. The highest BCUT2D eigenvalue weighted by atomic mass is 32.2. The number of amides is 1. The second-order valence-corrected chi connectivity index (χ2v) is 4.71. The Balaban J connectivity index is 2.98. The summed E-state index contributed by atoms with van der Waals surface area (Å²) in [4.78, 5) is 11.4. The quantitative estimate of drug-likeness (QED) is 0.646. The van der Waals surface area contributed by atoms with E-state index in [0.717, 1.165) is 4.31 Å². The summed E-state index contributed by atoms with van der Waals surface area (Å²) >= 11 is 0. The SMILES string of the molecule is CCN1C(=O)[C@@H](C(C)C)OS1(=O)=O. The molecule has 1 heterocycles. The van der Waals surface area contributed by atoms with Gasteiger partial charge in [-0.3, -0.25) is 4.79 Å².